The number of thiophene rings is 1. The molecule has 0 radical (unpaired) electrons. The molecule has 1 aromatic rings. The summed E-state index contributed by atoms with van der Waals surface area (Å²) in [6.07, 6.45) is 0.602. The molecular weight excluding hydrogens is 222 g/mol. The highest BCUT2D eigenvalue weighted by Gasteiger charge is 2.08. The molecule has 4 heteroatoms. The summed E-state index contributed by atoms with van der Waals surface area (Å²) in [6, 6.07) is 4.04. The first-order valence-electron chi connectivity index (χ1n) is 5.65. The van der Waals surface area contributed by atoms with Crippen molar-refractivity contribution in [3.8, 4) is 5.06 Å². The van der Waals surface area contributed by atoms with Crippen LogP contribution in [0.5, 0.6) is 5.06 Å². The molecule has 0 aromatic carbocycles. The normalized spacial score (nSPS) is 13.1. The van der Waals surface area contributed by atoms with E-state index in [1.165, 1.54) is 4.88 Å². The van der Waals surface area contributed by atoms with Gasteiger partial charge in [-0.2, -0.15) is 0 Å². The number of aliphatic hydroxyl groups is 1. The van der Waals surface area contributed by atoms with E-state index in [1.54, 1.807) is 18.4 Å². The lowest BCUT2D eigenvalue weighted by atomic mass is 10.0. The first-order chi connectivity index (χ1) is 7.63. The zero-order chi connectivity index (χ0) is 12.0. The molecule has 1 heterocycles. The number of hydrogen-bond donors (Lipinski definition) is 2. The summed E-state index contributed by atoms with van der Waals surface area (Å²) in [7, 11) is 1.68. The van der Waals surface area contributed by atoms with Crippen molar-refractivity contribution in [3.05, 3.63) is 17.0 Å². The predicted octanol–water partition coefficient (Wildman–Crippen LogP) is 2.25. The van der Waals surface area contributed by atoms with Gasteiger partial charge < -0.3 is 15.2 Å². The Hall–Kier alpha value is -0.580. The van der Waals surface area contributed by atoms with Crippen molar-refractivity contribution in [2.24, 2.45) is 5.92 Å². The van der Waals surface area contributed by atoms with Crippen LogP contribution in [0.3, 0.4) is 0 Å². The van der Waals surface area contributed by atoms with Crippen LogP contribution in [-0.2, 0) is 6.54 Å². The van der Waals surface area contributed by atoms with Gasteiger partial charge in [0, 0.05) is 11.4 Å². The Morgan fingerprint density at radius 3 is 2.75 bits per heavy atom. The topological polar surface area (TPSA) is 41.5 Å². The molecule has 0 aliphatic heterocycles. The molecule has 3 nitrogen and oxygen atoms in total. The van der Waals surface area contributed by atoms with Gasteiger partial charge in [-0.3, -0.25) is 0 Å². The Kier molecular flexibility index (Phi) is 5.80. The number of aliphatic hydroxyl groups excluding tert-OH is 1. The van der Waals surface area contributed by atoms with Gasteiger partial charge in [0.05, 0.1) is 13.2 Å². The maximum Gasteiger partial charge on any atom is 0.173 e. The number of ether oxygens (including phenoxy) is 1. The maximum atomic E-state index is 9.61. The fourth-order valence-corrected chi connectivity index (χ4v) is 2.15. The van der Waals surface area contributed by atoms with Crippen molar-refractivity contribution in [2.45, 2.75) is 32.9 Å². The van der Waals surface area contributed by atoms with Crippen molar-refractivity contribution in [1.29, 1.82) is 0 Å². The van der Waals surface area contributed by atoms with E-state index < -0.39 is 0 Å². The maximum absolute atomic E-state index is 9.61. The Balaban J connectivity index is 2.16. The van der Waals surface area contributed by atoms with Crippen LogP contribution in [0.4, 0.5) is 0 Å². The minimum absolute atomic E-state index is 0.203. The van der Waals surface area contributed by atoms with Gasteiger partial charge in [-0.05, 0) is 31.0 Å². The number of rotatable bonds is 7. The molecule has 0 aliphatic rings. The van der Waals surface area contributed by atoms with Gasteiger partial charge in [0.1, 0.15) is 0 Å². The van der Waals surface area contributed by atoms with E-state index in [0.29, 0.717) is 5.92 Å². The molecule has 1 rings (SSSR count). The highest BCUT2D eigenvalue weighted by atomic mass is 32.1. The Bertz CT molecular complexity index is 299. The van der Waals surface area contributed by atoms with Crippen LogP contribution in [0.2, 0.25) is 0 Å². The van der Waals surface area contributed by atoms with Crippen LogP contribution in [0.15, 0.2) is 12.1 Å². The highest BCUT2D eigenvalue weighted by Crippen LogP contribution is 2.23. The summed E-state index contributed by atoms with van der Waals surface area (Å²) in [6.45, 7) is 5.77. The minimum Gasteiger partial charge on any atom is -0.487 e. The third-order valence-electron chi connectivity index (χ3n) is 2.52. The largest absolute Gasteiger partial charge is 0.487 e. The van der Waals surface area contributed by atoms with E-state index in [-0.39, 0.29) is 6.10 Å². The van der Waals surface area contributed by atoms with E-state index in [1.807, 2.05) is 19.9 Å². The monoisotopic (exact) mass is 243 g/mol. The highest BCUT2D eigenvalue weighted by molar-refractivity contribution is 7.13. The number of nitrogens with one attached hydrogen (secondary N) is 1. The van der Waals surface area contributed by atoms with Gasteiger partial charge in [-0.1, -0.05) is 13.8 Å². The SMILES string of the molecule is COc1ccc(CNCCC(O)C(C)C)s1. The van der Waals surface area contributed by atoms with Gasteiger partial charge in [0.25, 0.3) is 0 Å². The smallest absolute Gasteiger partial charge is 0.173 e. The van der Waals surface area contributed by atoms with Crippen molar-refractivity contribution >= 4 is 11.3 Å². The average molecular weight is 243 g/mol. The van der Waals surface area contributed by atoms with Crippen LogP contribution in [-0.4, -0.2) is 24.9 Å². The fraction of sp³-hybridized carbons (Fsp3) is 0.667. The van der Waals surface area contributed by atoms with Crippen LogP contribution >= 0.6 is 11.3 Å². The average Bonchev–Trinajstić information content (AvgIpc) is 2.71. The standard InChI is InChI=1S/C12H21NO2S/c1-9(2)11(14)6-7-13-8-10-4-5-12(15-3)16-10/h4-5,9,11,13-14H,6-8H2,1-3H3. The van der Waals surface area contributed by atoms with E-state index in [2.05, 4.69) is 11.4 Å². The lowest BCUT2D eigenvalue weighted by Crippen LogP contribution is -2.23. The first-order valence-corrected chi connectivity index (χ1v) is 6.46. The van der Waals surface area contributed by atoms with Gasteiger partial charge in [0.15, 0.2) is 5.06 Å². The molecule has 0 fully saturated rings. The molecule has 0 amide bonds. The second-order valence-electron chi connectivity index (χ2n) is 4.20. The van der Waals surface area contributed by atoms with Crippen LogP contribution < -0.4 is 10.1 Å². The summed E-state index contributed by atoms with van der Waals surface area (Å²) < 4.78 is 5.12. The molecule has 0 bridgehead atoms. The van der Waals surface area contributed by atoms with Crippen LogP contribution in [0.1, 0.15) is 25.1 Å². The molecule has 0 spiro atoms. The van der Waals surface area contributed by atoms with E-state index in [0.717, 1.165) is 24.6 Å². The van der Waals surface area contributed by atoms with Crippen LogP contribution in [0, 0.1) is 5.92 Å². The molecular formula is C12H21NO2S. The Morgan fingerprint density at radius 1 is 1.44 bits per heavy atom. The molecule has 2 N–H and O–H groups in total. The first kappa shape index (κ1) is 13.5. The molecule has 1 aromatic heterocycles. The summed E-state index contributed by atoms with van der Waals surface area (Å²) in [4.78, 5) is 1.26. The zero-order valence-electron chi connectivity index (χ0n) is 10.2. The minimum atomic E-state index is -0.203. The summed E-state index contributed by atoms with van der Waals surface area (Å²) in [5.41, 5.74) is 0. The molecule has 1 unspecified atom stereocenters. The fourth-order valence-electron chi connectivity index (χ4n) is 1.36. The van der Waals surface area contributed by atoms with Crippen molar-refractivity contribution in [2.75, 3.05) is 13.7 Å². The van der Waals surface area contributed by atoms with Crippen molar-refractivity contribution in [3.63, 3.8) is 0 Å². The third-order valence-corrected chi connectivity index (χ3v) is 3.57. The molecule has 1 atom stereocenters. The molecule has 0 saturated heterocycles. The Morgan fingerprint density at radius 2 is 2.19 bits per heavy atom. The van der Waals surface area contributed by atoms with E-state index in [4.69, 9.17) is 4.74 Å². The number of hydrogen-bond acceptors (Lipinski definition) is 4. The predicted molar refractivity (Wildman–Crippen MR) is 68.0 cm³/mol. The lowest BCUT2D eigenvalue weighted by molar-refractivity contribution is 0.116. The number of methoxy groups -OCH3 is 1. The van der Waals surface area contributed by atoms with Gasteiger partial charge in [-0.25, -0.2) is 0 Å². The van der Waals surface area contributed by atoms with Crippen molar-refractivity contribution in [1.82, 2.24) is 5.32 Å². The zero-order valence-corrected chi connectivity index (χ0v) is 11.0. The molecule has 16 heavy (non-hydrogen) atoms. The Labute approximate surface area is 101 Å². The molecule has 0 saturated carbocycles. The summed E-state index contributed by atoms with van der Waals surface area (Å²) >= 11 is 1.65. The van der Waals surface area contributed by atoms with Crippen molar-refractivity contribution < 1.29 is 9.84 Å². The summed E-state index contributed by atoms with van der Waals surface area (Å²) in [5, 5.41) is 13.9. The van der Waals surface area contributed by atoms with Gasteiger partial charge in [0.2, 0.25) is 0 Å². The van der Waals surface area contributed by atoms with Gasteiger partial charge >= 0.3 is 0 Å². The molecule has 92 valence electrons. The summed E-state index contributed by atoms with van der Waals surface area (Å²) in [5.74, 6) is 0.337. The second kappa shape index (κ2) is 6.89. The molecule has 0 aliphatic carbocycles. The quantitative estimate of drug-likeness (QED) is 0.722. The third kappa shape index (κ3) is 4.51. The van der Waals surface area contributed by atoms with Crippen LogP contribution in [0.25, 0.3) is 0 Å². The van der Waals surface area contributed by atoms with E-state index >= 15 is 0 Å². The van der Waals surface area contributed by atoms with Gasteiger partial charge in [-0.15, -0.1) is 11.3 Å². The lowest BCUT2D eigenvalue weighted by Gasteiger charge is -2.14. The second-order valence-corrected chi connectivity index (χ2v) is 5.33. The van der Waals surface area contributed by atoms with E-state index in [9.17, 15) is 5.11 Å².